The smallest absolute Gasteiger partial charge is 0.127 e. The van der Waals surface area contributed by atoms with Crippen LogP contribution in [0.4, 0.5) is 4.39 Å². The lowest BCUT2D eigenvalue weighted by molar-refractivity contribution is 0.0841. The number of hydrogen-bond donors (Lipinski definition) is 1. The van der Waals surface area contributed by atoms with Crippen molar-refractivity contribution in [2.45, 2.75) is 52.7 Å². The van der Waals surface area contributed by atoms with Crippen molar-refractivity contribution < 1.29 is 4.39 Å². The standard InChI is InChI=1S/C18H29FN2/c1-13(2)9-16-12-21(18(10-20-16)14(3)4)11-15-7-5-6-8-17(15)19/h5-8,13-14,16,18,20H,9-12H2,1-4H3. The van der Waals surface area contributed by atoms with Crippen LogP contribution >= 0.6 is 0 Å². The van der Waals surface area contributed by atoms with E-state index >= 15 is 0 Å². The minimum absolute atomic E-state index is 0.0843. The molecule has 1 fully saturated rings. The summed E-state index contributed by atoms with van der Waals surface area (Å²) in [6, 6.07) is 8.16. The molecule has 1 aliphatic heterocycles. The zero-order chi connectivity index (χ0) is 15.4. The molecule has 21 heavy (non-hydrogen) atoms. The van der Waals surface area contributed by atoms with Crippen LogP contribution in [-0.2, 0) is 6.54 Å². The van der Waals surface area contributed by atoms with Gasteiger partial charge in [0.25, 0.3) is 0 Å². The van der Waals surface area contributed by atoms with E-state index < -0.39 is 0 Å². The zero-order valence-electron chi connectivity index (χ0n) is 13.8. The summed E-state index contributed by atoms with van der Waals surface area (Å²) in [6.07, 6.45) is 1.18. The van der Waals surface area contributed by atoms with Crippen molar-refractivity contribution in [2.75, 3.05) is 13.1 Å². The second-order valence-corrected chi connectivity index (χ2v) is 7.07. The molecular formula is C18H29FN2. The van der Waals surface area contributed by atoms with Crippen molar-refractivity contribution in [3.05, 3.63) is 35.6 Å². The molecule has 2 nitrogen and oxygen atoms in total. The summed E-state index contributed by atoms with van der Waals surface area (Å²) in [4.78, 5) is 2.46. The second kappa shape index (κ2) is 7.37. The molecule has 1 aromatic rings. The fourth-order valence-electron chi connectivity index (χ4n) is 3.31. The van der Waals surface area contributed by atoms with Gasteiger partial charge in [0.1, 0.15) is 5.82 Å². The highest BCUT2D eigenvalue weighted by Gasteiger charge is 2.30. The van der Waals surface area contributed by atoms with E-state index in [-0.39, 0.29) is 5.82 Å². The van der Waals surface area contributed by atoms with Crippen LogP contribution in [0.2, 0.25) is 0 Å². The molecule has 0 radical (unpaired) electrons. The number of benzene rings is 1. The summed E-state index contributed by atoms with van der Waals surface area (Å²) in [5.74, 6) is 1.18. The van der Waals surface area contributed by atoms with E-state index in [1.165, 1.54) is 6.42 Å². The molecule has 118 valence electrons. The first-order chi connectivity index (χ1) is 9.97. The molecule has 2 atom stereocenters. The summed E-state index contributed by atoms with van der Waals surface area (Å²) in [6.45, 7) is 11.8. The van der Waals surface area contributed by atoms with Crippen LogP contribution in [0.3, 0.4) is 0 Å². The molecule has 0 spiro atoms. The maximum atomic E-state index is 13.9. The maximum Gasteiger partial charge on any atom is 0.127 e. The Morgan fingerprint density at radius 3 is 2.57 bits per heavy atom. The van der Waals surface area contributed by atoms with Gasteiger partial charge in [-0.2, -0.15) is 0 Å². The van der Waals surface area contributed by atoms with Crippen LogP contribution in [0.25, 0.3) is 0 Å². The molecule has 1 N–H and O–H groups in total. The molecule has 1 heterocycles. The average Bonchev–Trinajstić information content (AvgIpc) is 2.40. The number of nitrogens with one attached hydrogen (secondary N) is 1. The van der Waals surface area contributed by atoms with Gasteiger partial charge in [0, 0.05) is 37.3 Å². The Bertz CT molecular complexity index is 445. The van der Waals surface area contributed by atoms with Crippen molar-refractivity contribution in [3.8, 4) is 0 Å². The van der Waals surface area contributed by atoms with E-state index in [1.807, 2.05) is 12.1 Å². The van der Waals surface area contributed by atoms with Gasteiger partial charge in [-0.3, -0.25) is 4.90 Å². The van der Waals surface area contributed by atoms with E-state index in [2.05, 4.69) is 37.9 Å². The number of hydrogen-bond acceptors (Lipinski definition) is 2. The molecule has 1 aliphatic rings. The number of piperazine rings is 1. The average molecular weight is 292 g/mol. The molecular weight excluding hydrogens is 263 g/mol. The molecule has 2 unspecified atom stereocenters. The predicted octanol–water partition coefficient (Wildman–Crippen LogP) is 3.67. The van der Waals surface area contributed by atoms with Gasteiger partial charge in [0.15, 0.2) is 0 Å². The van der Waals surface area contributed by atoms with Gasteiger partial charge in [0.05, 0.1) is 0 Å². The summed E-state index contributed by atoms with van der Waals surface area (Å²) < 4.78 is 13.9. The first-order valence-electron chi connectivity index (χ1n) is 8.18. The quantitative estimate of drug-likeness (QED) is 0.891. The van der Waals surface area contributed by atoms with Gasteiger partial charge in [-0.15, -0.1) is 0 Å². The van der Waals surface area contributed by atoms with Crippen molar-refractivity contribution in [2.24, 2.45) is 11.8 Å². The Morgan fingerprint density at radius 1 is 1.24 bits per heavy atom. The summed E-state index contributed by atoms with van der Waals surface area (Å²) in [7, 11) is 0. The third kappa shape index (κ3) is 4.52. The van der Waals surface area contributed by atoms with E-state index in [1.54, 1.807) is 12.1 Å². The van der Waals surface area contributed by atoms with Crippen LogP contribution in [0.15, 0.2) is 24.3 Å². The van der Waals surface area contributed by atoms with Crippen LogP contribution in [0, 0.1) is 17.7 Å². The van der Waals surface area contributed by atoms with Crippen molar-refractivity contribution in [1.29, 1.82) is 0 Å². The molecule has 2 rings (SSSR count). The van der Waals surface area contributed by atoms with Gasteiger partial charge in [-0.05, 0) is 24.3 Å². The molecule has 0 bridgehead atoms. The molecule has 0 amide bonds. The third-order valence-electron chi connectivity index (χ3n) is 4.40. The van der Waals surface area contributed by atoms with E-state index in [4.69, 9.17) is 0 Å². The SMILES string of the molecule is CC(C)CC1CN(Cc2ccccc2F)C(C(C)C)CN1. The van der Waals surface area contributed by atoms with Gasteiger partial charge in [-0.1, -0.05) is 45.9 Å². The lowest BCUT2D eigenvalue weighted by Gasteiger charge is -2.43. The van der Waals surface area contributed by atoms with Gasteiger partial charge in [0.2, 0.25) is 0 Å². The fraction of sp³-hybridized carbons (Fsp3) is 0.667. The molecule has 3 heteroatoms. The highest BCUT2D eigenvalue weighted by molar-refractivity contribution is 5.17. The molecule has 0 saturated carbocycles. The molecule has 1 aromatic carbocycles. The Morgan fingerprint density at radius 2 is 1.95 bits per heavy atom. The minimum atomic E-state index is -0.0843. The van der Waals surface area contributed by atoms with Gasteiger partial charge >= 0.3 is 0 Å². The van der Waals surface area contributed by atoms with Crippen LogP contribution in [0.1, 0.15) is 39.7 Å². The predicted molar refractivity (Wildman–Crippen MR) is 86.7 cm³/mol. The summed E-state index contributed by atoms with van der Waals surface area (Å²) in [5.41, 5.74) is 0.813. The van der Waals surface area contributed by atoms with Crippen LogP contribution in [0.5, 0.6) is 0 Å². The first kappa shape index (κ1) is 16.4. The Balaban J connectivity index is 2.09. The summed E-state index contributed by atoms with van der Waals surface area (Å²) in [5, 5.41) is 3.68. The van der Waals surface area contributed by atoms with Crippen LogP contribution in [-0.4, -0.2) is 30.1 Å². The lowest BCUT2D eigenvalue weighted by Crippen LogP contribution is -2.58. The highest BCUT2D eigenvalue weighted by atomic mass is 19.1. The Labute approximate surface area is 128 Å². The monoisotopic (exact) mass is 292 g/mol. The minimum Gasteiger partial charge on any atom is -0.311 e. The Kier molecular flexibility index (Phi) is 5.77. The number of halogens is 1. The zero-order valence-corrected chi connectivity index (χ0v) is 13.8. The Hall–Kier alpha value is -0.930. The first-order valence-corrected chi connectivity index (χ1v) is 8.18. The van der Waals surface area contributed by atoms with Crippen molar-refractivity contribution in [1.82, 2.24) is 10.2 Å². The normalized spacial score (nSPS) is 24.0. The molecule has 1 saturated heterocycles. The lowest BCUT2D eigenvalue weighted by atomic mass is 9.94. The molecule has 0 aliphatic carbocycles. The van der Waals surface area contributed by atoms with Crippen LogP contribution < -0.4 is 5.32 Å². The van der Waals surface area contributed by atoms with E-state index in [0.29, 0.717) is 30.5 Å². The van der Waals surface area contributed by atoms with Crippen molar-refractivity contribution in [3.63, 3.8) is 0 Å². The topological polar surface area (TPSA) is 15.3 Å². The van der Waals surface area contributed by atoms with E-state index in [9.17, 15) is 4.39 Å². The number of rotatable bonds is 5. The number of nitrogens with zero attached hydrogens (tertiary/aromatic N) is 1. The second-order valence-electron chi connectivity index (χ2n) is 7.07. The maximum absolute atomic E-state index is 13.9. The highest BCUT2D eigenvalue weighted by Crippen LogP contribution is 2.21. The van der Waals surface area contributed by atoms with E-state index in [0.717, 1.165) is 18.7 Å². The van der Waals surface area contributed by atoms with Gasteiger partial charge < -0.3 is 5.32 Å². The molecule has 0 aromatic heterocycles. The fourth-order valence-corrected chi connectivity index (χ4v) is 3.31. The van der Waals surface area contributed by atoms with Gasteiger partial charge in [-0.25, -0.2) is 4.39 Å². The summed E-state index contributed by atoms with van der Waals surface area (Å²) >= 11 is 0. The third-order valence-corrected chi connectivity index (χ3v) is 4.40. The van der Waals surface area contributed by atoms with Crippen molar-refractivity contribution >= 4 is 0 Å². The largest absolute Gasteiger partial charge is 0.311 e.